The summed E-state index contributed by atoms with van der Waals surface area (Å²) in [5, 5.41) is 0. The SMILES string of the molecule is CC1=Cc2c(-c3cc(C(C)(C)C)cc(C(C)(C)C)c3)cc(CC(C)(C)C)cc2C1[Si](C)(C)C1C(C)=Cc2c(-c3cc(C(C)(C)C)cc(C(C)(C)C)c3)cc(CC(C)(C)C)cc21.CC1=Cc2cc(CC(C)(C)C)cc(-c3cc(C(C)(C)C)cc(C(C)(C)C)c3)c2C1. The van der Waals surface area contributed by atoms with Crippen LogP contribution in [-0.4, -0.2) is 8.07 Å². The van der Waals surface area contributed by atoms with Gasteiger partial charge in [-0.05, 0) is 212 Å². The number of rotatable bonds is 8. The highest BCUT2D eigenvalue weighted by molar-refractivity contribution is 6.81. The first-order valence-electron chi connectivity index (χ1n) is 34.7. The molecule has 3 aliphatic rings. The van der Waals surface area contributed by atoms with Crippen LogP contribution in [-0.2, 0) is 58.2 Å². The van der Waals surface area contributed by atoms with E-state index in [1.807, 2.05) is 0 Å². The topological polar surface area (TPSA) is 0 Å². The van der Waals surface area contributed by atoms with Gasteiger partial charge in [0.15, 0.2) is 0 Å². The summed E-state index contributed by atoms with van der Waals surface area (Å²) in [6.45, 7) is 76.4. The average Bonchev–Trinajstić information content (AvgIpc) is 1.55. The van der Waals surface area contributed by atoms with Crippen molar-refractivity contribution >= 4 is 26.3 Å². The van der Waals surface area contributed by atoms with Crippen molar-refractivity contribution in [1.82, 2.24) is 0 Å². The maximum atomic E-state index is 2.73. The van der Waals surface area contributed by atoms with Crippen molar-refractivity contribution in [3.63, 3.8) is 0 Å². The Bertz CT molecular complexity index is 3530. The summed E-state index contributed by atoms with van der Waals surface area (Å²) < 4.78 is 0. The Balaban J connectivity index is 0.000000300. The molecule has 6 aromatic rings. The van der Waals surface area contributed by atoms with Crippen molar-refractivity contribution in [2.45, 2.75) is 290 Å². The van der Waals surface area contributed by atoms with Gasteiger partial charge in [-0.3, -0.25) is 0 Å². The highest BCUT2D eigenvalue weighted by Gasteiger charge is 2.48. The number of benzene rings is 6. The molecule has 90 heavy (non-hydrogen) atoms. The quantitative estimate of drug-likeness (QED) is 0.133. The van der Waals surface area contributed by atoms with Crippen molar-refractivity contribution < 1.29 is 0 Å². The fraction of sp³-hybridized carbons (Fsp3) is 0.528. The lowest BCUT2D eigenvalue weighted by Gasteiger charge is -2.39. The van der Waals surface area contributed by atoms with E-state index in [1.54, 1.807) is 22.3 Å². The third kappa shape index (κ3) is 16.0. The van der Waals surface area contributed by atoms with Gasteiger partial charge in [0.25, 0.3) is 0 Å². The largest absolute Gasteiger partial charge is 0.0722 e. The van der Waals surface area contributed by atoms with E-state index < -0.39 is 8.07 Å². The van der Waals surface area contributed by atoms with Crippen molar-refractivity contribution in [2.75, 3.05) is 0 Å². The van der Waals surface area contributed by atoms with E-state index in [0.717, 1.165) is 25.7 Å². The Morgan fingerprint density at radius 2 is 0.589 bits per heavy atom. The molecule has 0 bridgehead atoms. The summed E-state index contributed by atoms with van der Waals surface area (Å²) in [5.74, 6) is 0. The van der Waals surface area contributed by atoms with E-state index in [-0.39, 0.29) is 48.7 Å². The summed E-state index contributed by atoms with van der Waals surface area (Å²) in [6.07, 6.45) is 11.9. The van der Waals surface area contributed by atoms with E-state index in [1.165, 1.54) is 111 Å². The highest BCUT2D eigenvalue weighted by atomic mass is 28.3. The molecule has 0 aromatic heterocycles. The fourth-order valence-corrected chi connectivity index (χ4v) is 20.0. The Hall–Kier alpha value is -5.24. The van der Waals surface area contributed by atoms with Crippen LogP contribution in [0.2, 0.25) is 13.1 Å². The minimum atomic E-state index is -2.18. The third-order valence-corrected chi connectivity index (χ3v) is 24.2. The van der Waals surface area contributed by atoms with E-state index in [0.29, 0.717) is 11.1 Å². The molecule has 2 unspecified atom stereocenters. The number of hydrogen-bond acceptors (Lipinski definition) is 0. The second kappa shape index (κ2) is 24.0. The highest BCUT2D eigenvalue weighted by Crippen LogP contribution is 2.56. The van der Waals surface area contributed by atoms with Crippen LogP contribution in [0.3, 0.4) is 0 Å². The zero-order valence-electron chi connectivity index (χ0n) is 63.4. The maximum absolute atomic E-state index is 2.73. The minimum absolute atomic E-state index is 0.0538. The van der Waals surface area contributed by atoms with Gasteiger partial charge in [0.2, 0.25) is 0 Å². The van der Waals surface area contributed by atoms with Crippen LogP contribution in [0.25, 0.3) is 51.6 Å². The molecule has 1 heteroatoms. The molecule has 0 saturated heterocycles. The van der Waals surface area contributed by atoms with Gasteiger partial charge in [0.05, 0.1) is 8.07 Å². The molecule has 0 radical (unpaired) electrons. The van der Waals surface area contributed by atoms with Gasteiger partial charge in [0.1, 0.15) is 0 Å². The average molecular weight is 1220 g/mol. The first kappa shape index (κ1) is 70.6. The molecule has 0 heterocycles. The smallest absolute Gasteiger partial charge is 0.0683 e. The number of fused-ring (bicyclic) bond motifs is 3. The molecule has 6 aromatic carbocycles. The van der Waals surface area contributed by atoms with Crippen LogP contribution >= 0.6 is 0 Å². The molecular weight excluding hydrogens is 1100 g/mol. The molecule has 0 spiro atoms. The standard InChI is InChI=1S/C60H84Si.C29H40/c1-37-23-49-47(41-29-43(57(9,10)11)33-44(30-41)58(12,13)14)25-39(35-55(3,4)5)27-51(49)53(37)61(21,22)54-38(2)24-50-48(26-40(28-52(50)54)36-56(6,7)8)42-31-45(59(15,16)17)34-46(32-42)60(18,19)20;1-19-11-21-13-20(18-27(2,3)4)14-26(25(21)12-19)22-15-23(28(5,6)7)17-24(16-22)29(8,9)10/h23-34,53-54H,35-36H2,1-22H3;11,13-17H,12,18H2,1-10H3. The van der Waals surface area contributed by atoms with E-state index in [9.17, 15) is 0 Å². The van der Waals surface area contributed by atoms with Gasteiger partial charge < -0.3 is 0 Å². The summed E-state index contributed by atoms with van der Waals surface area (Å²) in [4.78, 5) is 0. The van der Waals surface area contributed by atoms with Crippen LogP contribution in [0.15, 0.2) is 108 Å². The predicted octanol–water partition coefficient (Wildman–Crippen LogP) is 26.4. The second-order valence-corrected chi connectivity index (χ2v) is 44.0. The van der Waals surface area contributed by atoms with E-state index in [4.69, 9.17) is 0 Å². The van der Waals surface area contributed by atoms with Crippen LogP contribution in [0.4, 0.5) is 0 Å². The Kier molecular flexibility index (Phi) is 18.8. The molecule has 0 N–H and O–H groups in total. The molecule has 0 aliphatic heterocycles. The van der Waals surface area contributed by atoms with Crippen LogP contribution in [0.5, 0.6) is 0 Å². The predicted molar refractivity (Wildman–Crippen MR) is 405 cm³/mol. The zero-order valence-corrected chi connectivity index (χ0v) is 64.4. The molecule has 484 valence electrons. The monoisotopic (exact) mass is 1220 g/mol. The maximum Gasteiger partial charge on any atom is 0.0722 e. The first-order valence-corrected chi connectivity index (χ1v) is 37.9. The first-order chi connectivity index (χ1) is 40.7. The van der Waals surface area contributed by atoms with Crippen LogP contribution < -0.4 is 0 Å². The van der Waals surface area contributed by atoms with Crippen molar-refractivity contribution in [2.24, 2.45) is 16.2 Å². The summed E-state index contributed by atoms with van der Waals surface area (Å²) in [7, 11) is -2.18. The molecule has 2 atom stereocenters. The Morgan fingerprint density at radius 3 is 0.867 bits per heavy atom. The third-order valence-electron chi connectivity index (χ3n) is 19.6. The summed E-state index contributed by atoms with van der Waals surface area (Å²) in [6, 6.07) is 37.7. The molecule has 0 nitrogen and oxygen atoms in total. The molecular formula is C89H124Si. The molecule has 0 amide bonds. The van der Waals surface area contributed by atoms with Gasteiger partial charge in [-0.15, -0.1) is 0 Å². The van der Waals surface area contributed by atoms with E-state index >= 15 is 0 Å². The van der Waals surface area contributed by atoms with Crippen LogP contribution in [0, 0.1) is 16.2 Å². The lowest BCUT2D eigenvalue weighted by molar-refractivity contribution is 0.411. The van der Waals surface area contributed by atoms with Crippen molar-refractivity contribution in [3.8, 4) is 33.4 Å². The van der Waals surface area contributed by atoms with Crippen molar-refractivity contribution in [3.05, 3.63) is 191 Å². The molecule has 9 rings (SSSR count). The normalized spacial score (nSPS) is 16.7. The van der Waals surface area contributed by atoms with Gasteiger partial charge >= 0.3 is 0 Å². The Labute approximate surface area is 553 Å². The van der Waals surface area contributed by atoms with Crippen molar-refractivity contribution in [1.29, 1.82) is 0 Å². The zero-order chi connectivity index (χ0) is 67.6. The Morgan fingerprint density at radius 1 is 0.322 bits per heavy atom. The summed E-state index contributed by atoms with van der Waals surface area (Å²) >= 11 is 0. The van der Waals surface area contributed by atoms with Gasteiger partial charge in [-0.1, -0.05) is 326 Å². The van der Waals surface area contributed by atoms with E-state index in [2.05, 4.69) is 330 Å². The van der Waals surface area contributed by atoms with Gasteiger partial charge in [-0.25, -0.2) is 0 Å². The molecule has 0 fully saturated rings. The number of allylic oxidation sites excluding steroid dienone is 3. The van der Waals surface area contributed by atoms with Gasteiger partial charge in [-0.2, -0.15) is 0 Å². The fourth-order valence-electron chi connectivity index (χ4n) is 15.0. The van der Waals surface area contributed by atoms with Gasteiger partial charge in [0, 0.05) is 11.1 Å². The molecule has 3 aliphatic carbocycles. The minimum Gasteiger partial charge on any atom is -0.0683 e. The van der Waals surface area contributed by atoms with Crippen LogP contribution in [0.1, 0.15) is 302 Å². The lowest BCUT2D eigenvalue weighted by atomic mass is 9.78. The second-order valence-electron chi connectivity index (χ2n) is 39.2. The molecule has 0 saturated carbocycles. The lowest BCUT2D eigenvalue weighted by Crippen LogP contribution is -2.42. The number of hydrogen-bond donors (Lipinski definition) is 0. The summed E-state index contributed by atoms with van der Waals surface area (Å²) in [5.41, 5.74) is 36.9.